The van der Waals surface area contributed by atoms with Crippen LogP contribution in [0.25, 0.3) is 6.08 Å². The quantitative estimate of drug-likeness (QED) is 0.560. The van der Waals surface area contributed by atoms with Gasteiger partial charge in [0.1, 0.15) is 0 Å². The van der Waals surface area contributed by atoms with Crippen molar-refractivity contribution in [3.05, 3.63) is 93.9 Å². The molecule has 0 atom stereocenters. The van der Waals surface area contributed by atoms with Crippen molar-refractivity contribution < 1.29 is 13.2 Å². The van der Waals surface area contributed by atoms with Gasteiger partial charge in [-0.3, -0.25) is 4.79 Å². The summed E-state index contributed by atoms with van der Waals surface area (Å²) >= 11 is 1.34. The van der Waals surface area contributed by atoms with Gasteiger partial charge in [-0.25, -0.2) is 8.42 Å². The fourth-order valence-electron chi connectivity index (χ4n) is 3.38. The van der Waals surface area contributed by atoms with Crippen LogP contribution < -0.4 is 5.32 Å². The lowest BCUT2D eigenvalue weighted by atomic mass is 10.1. The number of fused-ring (bicyclic) bond motifs is 1. The maximum atomic E-state index is 13.0. The molecule has 4 nitrogen and oxygen atoms in total. The zero-order valence-corrected chi connectivity index (χ0v) is 18.3. The Balaban J connectivity index is 1.63. The average molecular weight is 436 g/mol. The summed E-state index contributed by atoms with van der Waals surface area (Å²) in [4.78, 5) is 14.2. The largest absolute Gasteiger partial charge is 0.320 e. The van der Waals surface area contributed by atoms with Crippen molar-refractivity contribution in [1.29, 1.82) is 0 Å². The number of thioether (sulfide) groups is 1. The second-order valence-corrected chi connectivity index (χ2v) is 10.3. The Morgan fingerprint density at radius 3 is 2.33 bits per heavy atom. The zero-order chi connectivity index (χ0) is 21.3. The average Bonchev–Trinajstić information content (AvgIpc) is 2.72. The lowest BCUT2D eigenvalue weighted by molar-refractivity contribution is -0.112. The van der Waals surface area contributed by atoms with Gasteiger partial charge in [0.2, 0.25) is 0 Å². The van der Waals surface area contributed by atoms with Gasteiger partial charge < -0.3 is 5.32 Å². The van der Waals surface area contributed by atoms with Gasteiger partial charge in [0, 0.05) is 4.90 Å². The molecular weight excluding hydrogens is 414 g/mol. The number of benzene rings is 3. The highest BCUT2D eigenvalue weighted by Crippen LogP contribution is 2.40. The summed E-state index contributed by atoms with van der Waals surface area (Å²) in [6.07, 6.45) is 1.83. The maximum Gasteiger partial charge on any atom is 0.262 e. The minimum atomic E-state index is -3.55. The number of rotatable bonds is 4. The molecule has 3 aromatic rings. The van der Waals surface area contributed by atoms with Crippen molar-refractivity contribution in [2.45, 2.75) is 29.4 Å². The van der Waals surface area contributed by atoms with Crippen molar-refractivity contribution >= 4 is 39.3 Å². The van der Waals surface area contributed by atoms with Crippen LogP contribution in [0.4, 0.5) is 5.69 Å². The molecule has 0 saturated carbocycles. The number of hydrogen-bond donors (Lipinski definition) is 1. The predicted octanol–water partition coefficient (Wildman–Crippen LogP) is 5.36. The molecule has 0 bridgehead atoms. The van der Waals surface area contributed by atoms with Crippen molar-refractivity contribution in [3.63, 3.8) is 0 Å². The fraction of sp³-hybridized carbons (Fsp3) is 0.125. The second kappa shape index (κ2) is 8.13. The third-order valence-electron chi connectivity index (χ3n) is 5.08. The molecule has 0 unspecified atom stereocenters. The van der Waals surface area contributed by atoms with Gasteiger partial charge in [-0.05, 0) is 60.4 Å². The predicted molar refractivity (Wildman–Crippen MR) is 122 cm³/mol. The van der Waals surface area contributed by atoms with Gasteiger partial charge >= 0.3 is 0 Å². The van der Waals surface area contributed by atoms with Crippen molar-refractivity contribution in [2.75, 3.05) is 5.32 Å². The molecule has 6 heteroatoms. The van der Waals surface area contributed by atoms with Crippen LogP contribution in [0.3, 0.4) is 0 Å². The van der Waals surface area contributed by atoms with E-state index in [9.17, 15) is 13.2 Å². The molecule has 0 fully saturated rings. The van der Waals surface area contributed by atoms with Gasteiger partial charge in [0.15, 0.2) is 9.84 Å². The molecule has 1 amide bonds. The number of hydrogen-bond acceptors (Lipinski definition) is 4. The Morgan fingerprint density at radius 1 is 0.933 bits per heavy atom. The molecule has 1 N–H and O–H groups in total. The summed E-state index contributed by atoms with van der Waals surface area (Å²) in [5.41, 5.74) is 4.19. The molecule has 4 rings (SSSR count). The van der Waals surface area contributed by atoms with Gasteiger partial charge in [-0.1, -0.05) is 60.3 Å². The highest BCUT2D eigenvalue weighted by atomic mass is 32.2. The highest BCUT2D eigenvalue weighted by molar-refractivity contribution is 8.04. The van der Waals surface area contributed by atoms with E-state index >= 15 is 0 Å². The number of aryl methyl sites for hydroxylation is 2. The van der Waals surface area contributed by atoms with E-state index in [1.165, 1.54) is 11.8 Å². The lowest BCUT2D eigenvalue weighted by Crippen LogP contribution is -2.18. The second-order valence-electron chi connectivity index (χ2n) is 7.26. The van der Waals surface area contributed by atoms with Crippen LogP contribution in [0, 0.1) is 13.8 Å². The SMILES string of the molecule is Cc1cccc(C)c1CS(=O)(=O)c1ccc2c(c1)NC(=O)/C(=C\c1ccccc1)S2. The summed E-state index contributed by atoms with van der Waals surface area (Å²) in [5.74, 6) is -0.300. The molecule has 0 saturated heterocycles. The summed E-state index contributed by atoms with van der Waals surface area (Å²) < 4.78 is 26.1. The molecule has 30 heavy (non-hydrogen) atoms. The maximum absolute atomic E-state index is 13.0. The summed E-state index contributed by atoms with van der Waals surface area (Å²) in [7, 11) is -3.55. The first-order valence-corrected chi connectivity index (χ1v) is 12.0. The highest BCUT2D eigenvalue weighted by Gasteiger charge is 2.24. The van der Waals surface area contributed by atoms with E-state index in [1.54, 1.807) is 18.2 Å². The number of carbonyl (C=O) groups is 1. The van der Waals surface area contributed by atoms with Crippen LogP contribution in [0.1, 0.15) is 22.3 Å². The van der Waals surface area contributed by atoms with Crippen LogP contribution in [-0.4, -0.2) is 14.3 Å². The first-order chi connectivity index (χ1) is 14.3. The lowest BCUT2D eigenvalue weighted by Gasteiger charge is -2.20. The monoisotopic (exact) mass is 435 g/mol. The number of anilines is 1. The van der Waals surface area contributed by atoms with E-state index in [0.29, 0.717) is 10.6 Å². The number of carbonyl (C=O) groups excluding carboxylic acids is 1. The van der Waals surface area contributed by atoms with E-state index in [1.807, 2.05) is 68.5 Å². The Labute approximate surface area is 180 Å². The summed E-state index contributed by atoms with van der Waals surface area (Å²) in [5, 5.41) is 2.84. The van der Waals surface area contributed by atoms with Crippen LogP contribution in [0.5, 0.6) is 0 Å². The molecule has 1 heterocycles. The molecule has 1 aliphatic rings. The van der Waals surface area contributed by atoms with Gasteiger partial charge in [0.05, 0.1) is 21.2 Å². The number of nitrogens with one attached hydrogen (secondary N) is 1. The van der Waals surface area contributed by atoms with Crippen molar-refractivity contribution in [2.24, 2.45) is 0 Å². The van der Waals surface area contributed by atoms with E-state index < -0.39 is 9.84 Å². The zero-order valence-electron chi connectivity index (χ0n) is 16.7. The fourth-order valence-corrected chi connectivity index (χ4v) is 5.89. The van der Waals surface area contributed by atoms with E-state index in [0.717, 1.165) is 27.1 Å². The van der Waals surface area contributed by atoms with Gasteiger partial charge in [0.25, 0.3) is 5.91 Å². The first kappa shape index (κ1) is 20.4. The summed E-state index contributed by atoms with van der Waals surface area (Å²) in [6.45, 7) is 3.84. The first-order valence-electron chi connectivity index (χ1n) is 9.51. The van der Waals surface area contributed by atoms with Crippen molar-refractivity contribution in [1.82, 2.24) is 0 Å². The van der Waals surface area contributed by atoms with Gasteiger partial charge in [-0.15, -0.1) is 0 Å². The van der Waals surface area contributed by atoms with E-state index in [-0.39, 0.29) is 16.6 Å². The topological polar surface area (TPSA) is 63.2 Å². The molecular formula is C24H21NO3S2. The van der Waals surface area contributed by atoms with Crippen molar-refractivity contribution in [3.8, 4) is 0 Å². The summed E-state index contributed by atoms with van der Waals surface area (Å²) in [6, 6.07) is 20.3. The van der Waals surface area contributed by atoms with E-state index in [2.05, 4.69) is 5.32 Å². The number of amides is 1. The minimum Gasteiger partial charge on any atom is -0.320 e. The smallest absolute Gasteiger partial charge is 0.262 e. The van der Waals surface area contributed by atoms with Gasteiger partial charge in [-0.2, -0.15) is 0 Å². The molecule has 0 aromatic heterocycles. The molecule has 0 radical (unpaired) electrons. The van der Waals surface area contributed by atoms with E-state index in [4.69, 9.17) is 0 Å². The molecule has 3 aromatic carbocycles. The Bertz CT molecular complexity index is 1240. The third kappa shape index (κ3) is 4.20. The molecule has 0 spiro atoms. The standard InChI is InChI=1S/C24H21NO3S2/c1-16-7-6-8-17(2)20(16)15-30(27,28)19-11-12-22-21(14-19)25-24(26)23(29-22)13-18-9-4-3-5-10-18/h3-14H,15H2,1-2H3,(H,25,26)/b23-13+. The normalized spacial score (nSPS) is 15.0. The molecule has 1 aliphatic heterocycles. The Morgan fingerprint density at radius 2 is 1.63 bits per heavy atom. The Hall–Kier alpha value is -2.83. The Kier molecular flexibility index (Phi) is 5.54. The molecule has 0 aliphatic carbocycles. The molecule has 152 valence electrons. The number of sulfone groups is 1. The van der Waals surface area contributed by atoms with Crippen LogP contribution in [0.15, 0.2) is 81.4 Å². The van der Waals surface area contributed by atoms with Crippen LogP contribution >= 0.6 is 11.8 Å². The van der Waals surface area contributed by atoms with Crippen LogP contribution in [-0.2, 0) is 20.4 Å². The third-order valence-corrected chi connectivity index (χ3v) is 7.82. The minimum absolute atomic E-state index is 0.0649. The van der Waals surface area contributed by atoms with Crippen LogP contribution in [0.2, 0.25) is 0 Å².